The number of imide groups is 1. The summed E-state index contributed by atoms with van der Waals surface area (Å²) >= 11 is 0. The number of nitrogens with zero attached hydrogens (tertiary/aromatic N) is 1. The van der Waals surface area contributed by atoms with Gasteiger partial charge in [0.15, 0.2) is 0 Å². The van der Waals surface area contributed by atoms with Crippen LogP contribution in [0.25, 0.3) is 10.9 Å². The lowest BCUT2D eigenvalue weighted by atomic mass is 10.0. The van der Waals surface area contributed by atoms with Gasteiger partial charge in [-0.25, -0.2) is 0 Å². The fourth-order valence-electron chi connectivity index (χ4n) is 3.47. The smallest absolute Gasteiger partial charge is 0.261 e. The Labute approximate surface area is 140 Å². The number of hydrogen-bond donors (Lipinski definition) is 1. The highest BCUT2D eigenvalue weighted by molar-refractivity contribution is 6.21. The van der Waals surface area contributed by atoms with Crippen molar-refractivity contribution in [3.05, 3.63) is 69.9 Å². The van der Waals surface area contributed by atoms with Crippen molar-refractivity contribution in [2.75, 3.05) is 0 Å². The van der Waals surface area contributed by atoms with Crippen molar-refractivity contribution in [3.63, 3.8) is 0 Å². The van der Waals surface area contributed by atoms with Gasteiger partial charge in [0.05, 0.1) is 23.2 Å². The normalized spacial score (nSPS) is 13.9. The molecule has 1 aliphatic rings. The monoisotopic (exact) mass is 318 g/mol. The Morgan fingerprint density at radius 1 is 0.958 bits per heavy atom. The highest BCUT2D eigenvalue weighted by Crippen LogP contribution is 2.29. The summed E-state index contributed by atoms with van der Waals surface area (Å²) in [7, 11) is 0. The van der Waals surface area contributed by atoms with Crippen molar-refractivity contribution < 1.29 is 9.59 Å². The number of amides is 2. The number of hydrogen-bond acceptors (Lipinski definition) is 2. The molecule has 0 fully saturated rings. The van der Waals surface area contributed by atoms with E-state index in [4.69, 9.17) is 0 Å². The van der Waals surface area contributed by atoms with Crippen molar-refractivity contribution >= 4 is 22.7 Å². The fourth-order valence-corrected chi connectivity index (χ4v) is 3.47. The van der Waals surface area contributed by atoms with Gasteiger partial charge >= 0.3 is 0 Å². The van der Waals surface area contributed by atoms with E-state index in [0.29, 0.717) is 11.1 Å². The van der Waals surface area contributed by atoms with Gasteiger partial charge in [0.25, 0.3) is 11.8 Å². The molecule has 2 amide bonds. The number of H-pyrrole nitrogens is 1. The summed E-state index contributed by atoms with van der Waals surface area (Å²) in [5.74, 6) is -0.435. The number of benzene rings is 2. The zero-order valence-corrected chi connectivity index (χ0v) is 13.9. The van der Waals surface area contributed by atoms with Gasteiger partial charge in [0.2, 0.25) is 0 Å². The van der Waals surface area contributed by atoms with E-state index in [1.807, 2.05) is 19.9 Å². The SMILES string of the molecule is Cc1cc(CN2C(=O)c3ccccc3C2=O)c2[nH]c(C)c(C)c2c1. The Balaban J connectivity index is 1.80. The fraction of sp³-hybridized carbons (Fsp3) is 0.200. The molecule has 0 spiro atoms. The maximum absolute atomic E-state index is 12.6. The average molecular weight is 318 g/mol. The van der Waals surface area contributed by atoms with E-state index in [9.17, 15) is 9.59 Å². The molecule has 1 aliphatic heterocycles. The molecule has 4 heteroatoms. The van der Waals surface area contributed by atoms with E-state index in [0.717, 1.165) is 27.7 Å². The number of rotatable bonds is 2. The third-order valence-corrected chi connectivity index (χ3v) is 4.85. The number of nitrogens with one attached hydrogen (secondary N) is 1. The van der Waals surface area contributed by atoms with Gasteiger partial charge in [0, 0.05) is 11.1 Å². The Morgan fingerprint density at radius 2 is 1.58 bits per heavy atom. The van der Waals surface area contributed by atoms with Gasteiger partial charge in [-0.05, 0) is 50.1 Å². The lowest BCUT2D eigenvalue weighted by Crippen LogP contribution is -2.29. The molecule has 0 radical (unpaired) electrons. The molecule has 1 aromatic heterocycles. The van der Waals surface area contributed by atoms with Crippen LogP contribution in [0.3, 0.4) is 0 Å². The second-order valence-electron chi connectivity index (χ2n) is 6.46. The molecule has 3 aromatic rings. The van der Waals surface area contributed by atoms with Gasteiger partial charge in [-0.1, -0.05) is 23.8 Å². The van der Waals surface area contributed by atoms with Crippen LogP contribution in [0.1, 0.15) is 43.1 Å². The van der Waals surface area contributed by atoms with E-state index in [-0.39, 0.29) is 18.4 Å². The summed E-state index contributed by atoms with van der Waals surface area (Å²) in [4.78, 5) is 29.9. The minimum Gasteiger partial charge on any atom is -0.358 e. The molecule has 0 atom stereocenters. The number of carbonyl (C=O) groups is 2. The van der Waals surface area contributed by atoms with Crippen LogP contribution in [0.5, 0.6) is 0 Å². The topological polar surface area (TPSA) is 53.2 Å². The maximum atomic E-state index is 12.6. The molecular formula is C20H18N2O2. The first-order valence-corrected chi connectivity index (χ1v) is 8.01. The molecule has 0 saturated carbocycles. The van der Waals surface area contributed by atoms with Crippen molar-refractivity contribution in [1.82, 2.24) is 9.88 Å². The third kappa shape index (κ3) is 1.99. The Bertz CT molecular complexity index is 979. The maximum Gasteiger partial charge on any atom is 0.261 e. The number of aromatic nitrogens is 1. The van der Waals surface area contributed by atoms with Crippen LogP contribution in [0.4, 0.5) is 0 Å². The first kappa shape index (κ1) is 14.7. The minimum atomic E-state index is -0.217. The minimum absolute atomic E-state index is 0.217. The summed E-state index contributed by atoms with van der Waals surface area (Å²) in [5.41, 5.74) is 6.39. The Kier molecular flexibility index (Phi) is 3.10. The molecule has 0 unspecified atom stereocenters. The van der Waals surface area contributed by atoms with E-state index in [2.05, 4.69) is 18.0 Å². The van der Waals surface area contributed by atoms with Gasteiger partial charge in [-0.3, -0.25) is 14.5 Å². The standard InChI is InChI=1S/C20H18N2O2/c1-11-8-14(18-17(9-11)12(2)13(3)21-18)10-22-19(23)15-6-4-5-7-16(15)20(22)24/h4-9,21H,10H2,1-3H3. The molecule has 2 heterocycles. The van der Waals surface area contributed by atoms with E-state index < -0.39 is 0 Å². The van der Waals surface area contributed by atoms with Gasteiger partial charge in [-0.15, -0.1) is 0 Å². The van der Waals surface area contributed by atoms with Crippen LogP contribution in [0.2, 0.25) is 0 Å². The number of aromatic amines is 1. The Hall–Kier alpha value is -2.88. The summed E-state index contributed by atoms with van der Waals surface area (Å²) in [5, 5.41) is 1.15. The van der Waals surface area contributed by atoms with Crippen LogP contribution in [-0.4, -0.2) is 21.7 Å². The van der Waals surface area contributed by atoms with Crippen LogP contribution >= 0.6 is 0 Å². The zero-order chi connectivity index (χ0) is 17.0. The summed E-state index contributed by atoms with van der Waals surface area (Å²) < 4.78 is 0. The lowest BCUT2D eigenvalue weighted by molar-refractivity contribution is 0.0643. The first-order valence-electron chi connectivity index (χ1n) is 8.01. The van der Waals surface area contributed by atoms with Crippen LogP contribution in [0, 0.1) is 20.8 Å². The lowest BCUT2D eigenvalue weighted by Gasteiger charge is -2.15. The van der Waals surface area contributed by atoms with Gasteiger partial charge in [0.1, 0.15) is 0 Å². The molecule has 0 bridgehead atoms. The molecule has 4 rings (SSSR count). The van der Waals surface area contributed by atoms with Crippen LogP contribution < -0.4 is 0 Å². The predicted molar refractivity (Wildman–Crippen MR) is 93.2 cm³/mol. The molecule has 2 aromatic carbocycles. The number of fused-ring (bicyclic) bond motifs is 2. The molecule has 0 saturated heterocycles. The first-order chi connectivity index (χ1) is 11.5. The quantitative estimate of drug-likeness (QED) is 0.729. The van der Waals surface area contributed by atoms with Gasteiger partial charge < -0.3 is 4.98 Å². The molecule has 4 nitrogen and oxygen atoms in total. The van der Waals surface area contributed by atoms with Crippen molar-refractivity contribution in [1.29, 1.82) is 0 Å². The summed E-state index contributed by atoms with van der Waals surface area (Å²) in [6.07, 6.45) is 0. The highest BCUT2D eigenvalue weighted by Gasteiger charge is 2.35. The van der Waals surface area contributed by atoms with Crippen LogP contribution in [-0.2, 0) is 6.54 Å². The van der Waals surface area contributed by atoms with Crippen molar-refractivity contribution in [3.8, 4) is 0 Å². The number of carbonyl (C=O) groups excluding carboxylic acids is 2. The van der Waals surface area contributed by atoms with E-state index in [1.165, 1.54) is 10.5 Å². The second-order valence-corrected chi connectivity index (χ2v) is 6.46. The molecular weight excluding hydrogens is 300 g/mol. The molecule has 1 N–H and O–H groups in total. The predicted octanol–water partition coefficient (Wildman–Crippen LogP) is 3.89. The van der Waals surface area contributed by atoms with Gasteiger partial charge in [-0.2, -0.15) is 0 Å². The molecule has 120 valence electrons. The number of aryl methyl sites for hydroxylation is 3. The molecule has 0 aliphatic carbocycles. The van der Waals surface area contributed by atoms with Crippen molar-refractivity contribution in [2.45, 2.75) is 27.3 Å². The zero-order valence-electron chi connectivity index (χ0n) is 13.9. The third-order valence-electron chi connectivity index (χ3n) is 4.85. The van der Waals surface area contributed by atoms with Crippen molar-refractivity contribution in [2.24, 2.45) is 0 Å². The van der Waals surface area contributed by atoms with E-state index in [1.54, 1.807) is 24.3 Å². The molecule has 24 heavy (non-hydrogen) atoms. The summed E-state index contributed by atoms with van der Waals surface area (Å²) in [6.45, 7) is 6.44. The highest BCUT2D eigenvalue weighted by atomic mass is 16.2. The Morgan fingerprint density at radius 3 is 2.21 bits per heavy atom. The van der Waals surface area contributed by atoms with E-state index >= 15 is 0 Å². The largest absolute Gasteiger partial charge is 0.358 e. The summed E-state index contributed by atoms with van der Waals surface area (Å²) in [6, 6.07) is 11.2. The second kappa shape index (κ2) is 5.06. The van der Waals surface area contributed by atoms with Crippen LogP contribution in [0.15, 0.2) is 36.4 Å². The average Bonchev–Trinajstić information content (AvgIpc) is 2.98.